The number of amidine groups is 1. The number of aryl methyl sites for hydroxylation is 1. The first-order chi connectivity index (χ1) is 21.6. The molecule has 0 radical (unpaired) electrons. The zero-order chi connectivity index (χ0) is 35.3. The van der Waals surface area contributed by atoms with Crippen LogP contribution in [0.1, 0.15) is 91.0 Å². The molecular formula is C35H54FN3O6SSi. The summed E-state index contributed by atoms with van der Waals surface area (Å²) in [5, 5.41) is 1.87. The molecule has 0 saturated carbocycles. The molecule has 3 rings (SSSR count). The van der Waals surface area contributed by atoms with Crippen LogP contribution in [0.5, 0.6) is 0 Å². The van der Waals surface area contributed by atoms with Crippen molar-refractivity contribution in [3.8, 4) is 0 Å². The number of sulfonamides is 1. The van der Waals surface area contributed by atoms with Crippen molar-refractivity contribution in [3.63, 3.8) is 0 Å². The number of aliphatic imine (C=N–C) groups is 1. The third kappa shape index (κ3) is 11.3. The lowest BCUT2D eigenvalue weighted by Gasteiger charge is -2.39. The molecular weight excluding hydrogens is 638 g/mol. The van der Waals surface area contributed by atoms with Crippen LogP contribution in [0.4, 0.5) is 9.18 Å². The van der Waals surface area contributed by atoms with Crippen LogP contribution in [0, 0.1) is 5.82 Å². The van der Waals surface area contributed by atoms with Gasteiger partial charge in [-0.1, -0.05) is 63.2 Å². The van der Waals surface area contributed by atoms with Crippen molar-refractivity contribution in [2.24, 2.45) is 4.99 Å². The van der Waals surface area contributed by atoms with Crippen LogP contribution in [-0.4, -0.2) is 58.5 Å². The van der Waals surface area contributed by atoms with Gasteiger partial charge in [-0.2, -0.15) is 0 Å². The highest BCUT2D eigenvalue weighted by atomic mass is 32.2. The third-order valence-corrected chi connectivity index (χ3v) is 15.2. The van der Waals surface area contributed by atoms with Crippen LogP contribution in [-0.2, 0) is 36.8 Å². The van der Waals surface area contributed by atoms with E-state index >= 15 is 0 Å². The summed E-state index contributed by atoms with van der Waals surface area (Å²) in [5.74, 6) is -0.423. The van der Waals surface area contributed by atoms with Gasteiger partial charge in [-0.3, -0.25) is 0 Å². The Morgan fingerprint density at radius 3 is 2.26 bits per heavy atom. The van der Waals surface area contributed by atoms with Gasteiger partial charge in [0.25, 0.3) is 6.02 Å². The quantitative estimate of drug-likeness (QED) is 0.177. The molecule has 0 aromatic heterocycles. The molecule has 12 heteroatoms. The molecule has 1 saturated heterocycles. The Bertz CT molecular complexity index is 1500. The Morgan fingerprint density at radius 1 is 1.06 bits per heavy atom. The number of ether oxygens (including phenoxy) is 2. The highest BCUT2D eigenvalue weighted by molar-refractivity contribution is 7.90. The predicted molar refractivity (Wildman–Crippen MR) is 188 cm³/mol. The zero-order valence-corrected chi connectivity index (χ0v) is 31.5. The van der Waals surface area contributed by atoms with E-state index in [1.165, 1.54) is 6.07 Å². The fourth-order valence-corrected chi connectivity index (χ4v) is 7.73. The van der Waals surface area contributed by atoms with Crippen LogP contribution in [0.2, 0.25) is 18.1 Å². The summed E-state index contributed by atoms with van der Waals surface area (Å²) in [6.07, 6.45) is 1.63. The van der Waals surface area contributed by atoms with Crippen LogP contribution < -0.4 is 10.0 Å². The molecule has 0 aliphatic carbocycles. The maximum Gasteiger partial charge on any atom is 0.407 e. The second-order valence-corrected chi connectivity index (χ2v) is 21.9. The van der Waals surface area contributed by atoms with E-state index in [0.717, 1.165) is 24.0 Å². The smallest absolute Gasteiger partial charge is 0.407 e. The van der Waals surface area contributed by atoms with Crippen molar-refractivity contribution in [1.82, 2.24) is 10.0 Å². The second-order valence-electron chi connectivity index (χ2n) is 15.3. The van der Waals surface area contributed by atoms with Gasteiger partial charge in [-0.25, -0.2) is 27.3 Å². The van der Waals surface area contributed by atoms with E-state index in [1.807, 2.05) is 45.0 Å². The highest BCUT2D eigenvalue weighted by Gasteiger charge is 2.47. The molecule has 1 heterocycles. The van der Waals surface area contributed by atoms with Gasteiger partial charge < -0.3 is 19.2 Å². The molecule has 2 N–H and O–H groups in total. The van der Waals surface area contributed by atoms with Gasteiger partial charge >= 0.3 is 6.09 Å². The van der Waals surface area contributed by atoms with Gasteiger partial charge in [-0.05, 0) is 95.6 Å². The second kappa shape index (κ2) is 15.1. The number of carbonyl (C=O) groups excluding carboxylic acids is 1. The number of nitrogens with one attached hydrogen (secondary N) is 2. The maximum atomic E-state index is 15.0. The lowest BCUT2D eigenvalue weighted by molar-refractivity contribution is 0.0527. The van der Waals surface area contributed by atoms with Crippen molar-refractivity contribution in [3.05, 3.63) is 71.0 Å². The number of benzene rings is 2. The molecule has 2 aromatic rings. The van der Waals surface area contributed by atoms with Crippen molar-refractivity contribution in [1.29, 1.82) is 0 Å². The average molecular weight is 692 g/mol. The topological polar surface area (TPSA) is 115 Å². The number of nitrogens with zero attached hydrogens (tertiary/aromatic N) is 1. The number of alkyl carbamates (subject to hydrolysis) is 1. The van der Waals surface area contributed by atoms with Crippen LogP contribution >= 0.6 is 0 Å². The molecule has 1 fully saturated rings. The normalized spacial score (nSPS) is 19.4. The van der Waals surface area contributed by atoms with Crippen LogP contribution in [0.25, 0.3) is 0 Å². The molecule has 1 amide bonds. The first-order valence-electron chi connectivity index (χ1n) is 16.3. The van der Waals surface area contributed by atoms with Crippen molar-refractivity contribution in [2.75, 3.05) is 13.2 Å². The first kappa shape index (κ1) is 38.5. The van der Waals surface area contributed by atoms with Gasteiger partial charge in [0.2, 0.25) is 10.0 Å². The molecule has 2 unspecified atom stereocenters. The van der Waals surface area contributed by atoms with E-state index in [2.05, 4.69) is 48.9 Å². The fourth-order valence-electron chi connectivity index (χ4n) is 4.98. The molecule has 1 aliphatic rings. The highest BCUT2D eigenvalue weighted by Crippen LogP contribution is 2.37. The number of carbonyl (C=O) groups is 1. The number of hydrogen-bond donors (Lipinski definition) is 2. The molecule has 262 valence electrons. The lowest BCUT2D eigenvalue weighted by atomic mass is 9.96. The molecule has 0 bridgehead atoms. The minimum absolute atomic E-state index is 0.00849. The number of hydrogen-bond acceptors (Lipinski definition) is 7. The van der Waals surface area contributed by atoms with E-state index in [-0.39, 0.29) is 17.5 Å². The summed E-state index contributed by atoms with van der Waals surface area (Å²) in [5.41, 5.74) is 0.610. The summed E-state index contributed by atoms with van der Waals surface area (Å²) < 4.78 is 62.5. The van der Waals surface area contributed by atoms with E-state index in [4.69, 9.17) is 13.9 Å². The van der Waals surface area contributed by atoms with Crippen molar-refractivity contribution in [2.45, 2.75) is 122 Å². The van der Waals surface area contributed by atoms with Gasteiger partial charge in [0.1, 0.15) is 22.3 Å². The standard InChI is InChI=1S/C35H54FN3O6SSi/c1-33(2,3)45-32(40)37-22-13-14-25-17-19-26(20-18-25)24-30-35(7,8)44-31(39-46(30,41)42)38-29(27-15-11-12-16-28(27)36)21-23-43-47(9,10)34(4,5)6/h11-12,15-20,29-30H,13-14,21-24H2,1-10H3,(H,37,40)(H,38,39). The Morgan fingerprint density at radius 2 is 1.68 bits per heavy atom. The zero-order valence-electron chi connectivity index (χ0n) is 29.7. The summed E-state index contributed by atoms with van der Waals surface area (Å²) in [4.78, 5) is 16.5. The molecule has 47 heavy (non-hydrogen) atoms. The first-order valence-corrected chi connectivity index (χ1v) is 20.8. The largest absolute Gasteiger partial charge is 0.457 e. The molecule has 0 spiro atoms. The molecule has 2 aromatic carbocycles. The SMILES string of the molecule is CC(C)(C)OC(=O)NCCCc1ccc(CC2C(C)(C)OC(=NC(CCO[Si](C)(C)C(C)(C)C)c3ccccc3F)NS2(=O)=O)cc1. The summed E-state index contributed by atoms with van der Waals surface area (Å²) in [6, 6.07) is 13.3. The molecule has 1 aliphatic heterocycles. The number of amides is 1. The van der Waals surface area contributed by atoms with E-state index in [9.17, 15) is 17.6 Å². The fraction of sp³-hybridized carbons (Fsp3) is 0.600. The van der Waals surface area contributed by atoms with Crippen molar-refractivity contribution >= 4 is 30.5 Å². The Labute approximate surface area is 282 Å². The van der Waals surface area contributed by atoms with Crippen LogP contribution in [0.15, 0.2) is 53.5 Å². The minimum Gasteiger partial charge on any atom is -0.457 e. The van der Waals surface area contributed by atoms with Gasteiger partial charge in [0, 0.05) is 18.7 Å². The van der Waals surface area contributed by atoms with Gasteiger partial charge in [0.05, 0.1) is 6.04 Å². The Kier molecular flexibility index (Phi) is 12.3. The Hall–Kier alpha value is -2.96. The summed E-state index contributed by atoms with van der Waals surface area (Å²) in [6.45, 7) is 20.5. The predicted octanol–water partition coefficient (Wildman–Crippen LogP) is 7.43. The Balaban J connectivity index is 1.69. The average Bonchev–Trinajstić information content (AvgIpc) is 2.91. The van der Waals surface area contributed by atoms with Gasteiger partial charge in [0.15, 0.2) is 8.32 Å². The van der Waals surface area contributed by atoms with E-state index in [0.29, 0.717) is 25.1 Å². The van der Waals surface area contributed by atoms with Crippen molar-refractivity contribution < 1.29 is 31.5 Å². The monoisotopic (exact) mass is 691 g/mol. The van der Waals surface area contributed by atoms with E-state index < -0.39 is 52.7 Å². The van der Waals surface area contributed by atoms with Gasteiger partial charge in [-0.15, -0.1) is 0 Å². The summed E-state index contributed by atoms with van der Waals surface area (Å²) >= 11 is 0. The lowest BCUT2D eigenvalue weighted by Crippen LogP contribution is -2.59. The number of halogens is 1. The molecule has 2 atom stereocenters. The third-order valence-electron chi connectivity index (χ3n) is 8.69. The maximum absolute atomic E-state index is 15.0. The molecule has 9 nitrogen and oxygen atoms in total. The minimum atomic E-state index is -3.90. The number of rotatable bonds is 12. The van der Waals surface area contributed by atoms with Crippen LogP contribution in [0.3, 0.4) is 0 Å². The summed E-state index contributed by atoms with van der Waals surface area (Å²) in [7, 11) is -5.96. The van der Waals surface area contributed by atoms with E-state index in [1.54, 1.807) is 32.0 Å².